The standard InChI is InChI=1S/C39H49FN6O8S/c1-6-39(53)28-14-31-34-26(17-46(31)37(51)27(28)18-54-38(39)52)25(24-12-20(2)29(40)15-30(24)45-34)16-42-33(48)10-8-7-9-11-55-19-43-35(49)21(3)13-32(47)23(5)44-36(50)22(4)41/h12,14-15,21-23,53H,6-11,13,16-19,41H2,1-5H3,(H,42,48)(H,43,49)(H,44,50)/t21-,22+,23-,39+/m1/s1. The molecule has 0 bridgehead atoms. The van der Waals surface area contributed by atoms with Crippen LogP contribution in [0.15, 0.2) is 23.0 Å². The van der Waals surface area contributed by atoms with Gasteiger partial charge in [-0.2, -0.15) is 0 Å². The summed E-state index contributed by atoms with van der Waals surface area (Å²) in [6, 6.07) is 3.15. The number of unbranched alkanes of at least 4 members (excludes halogenated alkanes) is 2. The van der Waals surface area contributed by atoms with E-state index in [1.807, 2.05) is 0 Å². The summed E-state index contributed by atoms with van der Waals surface area (Å²) in [6.07, 6.45) is 2.54. The van der Waals surface area contributed by atoms with Gasteiger partial charge in [0.25, 0.3) is 5.56 Å². The molecule has 16 heteroatoms. The van der Waals surface area contributed by atoms with Gasteiger partial charge in [0, 0.05) is 47.9 Å². The zero-order valence-electron chi connectivity index (χ0n) is 31.8. The number of hydrogen-bond acceptors (Lipinski definition) is 11. The zero-order valence-corrected chi connectivity index (χ0v) is 32.6. The molecule has 4 atom stereocenters. The number of ketones is 1. The van der Waals surface area contributed by atoms with Crippen molar-refractivity contribution >= 4 is 52.1 Å². The van der Waals surface area contributed by atoms with Gasteiger partial charge in [0.05, 0.1) is 47.0 Å². The summed E-state index contributed by atoms with van der Waals surface area (Å²) in [7, 11) is 0. The molecule has 2 aliphatic rings. The van der Waals surface area contributed by atoms with Gasteiger partial charge >= 0.3 is 5.97 Å². The van der Waals surface area contributed by atoms with E-state index in [1.54, 1.807) is 39.8 Å². The summed E-state index contributed by atoms with van der Waals surface area (Å²) < 4.78 is 21.5. The van der Waals surface area contributed by atoms with E-state index in [2.05, 4.69) is 16.0 Å². The van der Waals surface area contributed by atoms with E-state index >= 15 is 0 Å². The quantitative estimate of drug-likeness (QED) is 0.0597. The largest absolute Gasteiger partial charge is 0.458 e. The average molecular weight is 781 g/mol. The maximum atomic E-state index is 14.8. The third-order valence-electron chi connectivity index (χ3n) is 10.3. The van der Waals surface area contributed by atoms with Gasteiger partial charge in [0.15, 0.2) is 11.4 Å². The fraction of sp³-hybridized carbons (Fsp3) is 0.513. The van der Waals surface area contributed by atoms with E-state index in [4.69, 9.17) is 15.5 Å². The number of nitrogens with one attached hydrogen (secondary N) is 3. The number of carbonyl (C=O) groups is 5. The number of thioether (sulfide) groups is 1. The molecular formula is C39H49FN6O8S. The molecule has 5 rings (SSSR count). The van der Waals surface area contributed by atoms with Crippen molar-refractivity contribution in [3.8, 4) is 11.4 Å². The molecule has 3 aromatic rings. The van der Waals surface area contributed by atoms with Crippen molar-refractivity contribution in [1.82, 2.24) is 25.5 Å². The lowest BCUT2D eigenvalue weighted by Gasteiger charge is -2.31. The molecule has 0 saturated heterocycles. The summed E-state index contributed by atoms with van der Waals surface area (Å²) in [4.78, 5) is 80.6. The van der Waals surface area contributed by atoms with Crippen molar-refractivity contribution in [3.05, 3.63) is 62.2 Å². The van der Waals surface area contributed by atoms with Crippen LogP contribution in [0.3, 0.4) is 0 Å². The Labute approximate surface area is 322 Å². The predicted molar refractivity (Wildman–Crippen MR) is 205 cm³/mol. The smallest absolute Gasteiger partial charge is 0.343 e. The molecule has 2 aromatic heterocycles. The number of carbonyl (C=O) groups excluding carboxylic acids is 5. The highest BCUT2D eigenvalue weighted by Gasteiger charge is 2.45. The molecule has 0 fully saturated rings. The number of nitrogens with zero attached hydrogens (tertiary/aromatic N) is 2. The van der Waals surface area contributed by atoms with Crippen LogP contribution < -0.4 is 27.2 Å². The number of Topliss-reactive ketones (excluding diaryl/α,β-unsaturated/α-hetero) is 1. The van der Waals surface area contributed by atoms with Gasteiger partial charge in [-0.05, 0) is 69.0 Å². The van der Waals surface area contributed by atoms with Gasteiger partial charge in [-0.1, -0.05) is 20.3 Å². The molecule has 0 aliphatic carbocycles. The van der Waals surface area contributed by atoms with Crippen LogP contribution in [0.4, 0.5) is 4.39 Å². The lowest BCUT2D eigenvalue weighted by Crippen LogP contribution is -2.46. The van der Waals surface area contributed by atoms with E-state index in [1.165, 1.54) is 29.3 Å². The number of esters is 1. The Morgan fingerprint density at radius 1 is 1.07 bits per heavy atom. The van der Waals surface area contributed by atoms with Crippen LogP contribution >= 0.6 is 11.8 Å². The Morgan fingerprint density at radius 3 is 2.53 bits per heavy atom. The molecule has 0 saturated carbocycles. The van der Waals surface area contributed by atoms with Crippen LogP contribution in [-0.4, -0.2) is 67.8 Å². The average Bonchev–Trinajstić information content (AvgIpc) is 3.51. The third kappa shape index (κ3) is 8.92. The molecular weight excluding hydrogens is 732 g/mol. The highest BCUT2D eigenvalue weighted by Crippen LogP contribution is 2.40. The van der Waals surface area contributed by atoms with Gasteiger partial charge in [-0.25, -0.2) is 14.2 Å². The highest BCUT2D eigenvalue weighted by molar-refractivity contribution is 7.99. The number of hydrogen-bond donors (Lipinski definition) is 5. The van der Waals surface area contributed by atoms with Gasteiger partial charge < -0.3 is 36.1 Å². The van der Waals surface area contributed by atoms with Crippen molar-refractivity contribution in [3.63, 3.8) is 0 Å². The molecule has 6 N–H and O–H groups in total. The Bertz CT molecular complexity index is 2090. The van der Waals surface area contributed by atoms with E-state index < -0.39 is 46.9 Å². The summed E-state index contributed by atoms with van der Waals surface area (Å²) in [5.41, 5.74) is 6.48. The van der Waals surface area contributed by atoms with Gasteiger partial charge in [-0.15, -0.1) is 11.8 Å². The molecule has 14 nitrogen and oxygen atoms in total. The van der Waals surface area contributed by atoms with Crippen molar-refractivity contribution < 1.29 is 38.2 Å². The maximum Gasteiger partial charge on any atom is 0.343 e. The second-order valence-electron chi connectivity index (χ2n) is 14.4. The van der Waals surface area contributed by atoms with Crippen molar-refractivity contribution in [2.24, 2.45) is 11.7 Å². The fourth-order valence-corrected chi connectivity index (χ4v) is 7.60. The number of aryl methyl sites for hydroxylation is 1. The molecule has 1 aromatic carbocycles. The number of aliphatic hydroxyl groups is 1. The normalized spacial score (nSPS) is 17.3. The minimum Gasteiger partial charge on any atom is -0.458 e. The van der Waals surface area contributed by atoms with Crippen LogP contribution in [0.2, 0.25) is 0 Å². The lowest BCUT2D eigenvalue weighted by molar-refractivity contribution is -0.172. The summed E-state index contributed by atoms with van der Waals surface area (Å²) in [5.74, 6) is -1.77. The SMILES string of the molecule is CC[C@@]1(O)C(=O)OCc2c1cc1n(c2=O)Cc2c-1nc1cc(F)c(C)cc1c2CNC(=O)CCCCCSCNC(=O)[C@H](C)CC(=O)[C@@H](C)NC(=O)[C@H](C)N. The van der Waals surface area contributed by atoms with Crippen LogP contribution in [0, 0.1) is 18.7 Å². The molecule has 4 heterocycles. The van der Waals surface area contributed by atoms with Crippen LogP contribution in [0.5, 0.6) is 0 Å². The molecule has 0 unspecified atom stereocenters. The number of fused-ring (bicyclic) bond motifs is 5. The molecule has 2 aliphatic heterocycles. The molecule has 0 spiro atoms. The van der Waals surface area contributed by atoms with Crippen LogP contribution in [-0.2, 0) is 54.0 Å². The lowest BCUT2D eigenvalue weighted by atomic mass is 9.86. The Kier molecular flexibility index (Phi) is 13.1. The minimum absolute atomic E-state index is 0.00233. The zero-order chi connectivity index (χ0) is 40.2. The summed E-state index contributed by atoms with van der Waals surface area (Å²) in [5, 5.41) is 20.2. The number of cyclic esters (lactones) is 1. The van der Waals surface area contributed by atoms with Crippen LogP contribution in [0.25, 0.3) is 22.3 Å². The highest BCUT2D eigenvalue weighted by atomic mass is 32.2. The van der Waals surface area contributed by atoms with Crippen molar-refractivity contribution in [2.75, 3.05) is 11.6 Å². The first-order chi connectivity index (χ1) is 26.1. The van der Waals surface area contributed by atoms with E-state index in [9.17, 15) is 38.3 Å². The van der Waals surface area contributed by atoms with Gasteiger partial charge in [0.1, 0.15) is 12.4 Å². The number of halogens is 1. The number of pyridine rings is 2. The topological polar surface area (TPSA) is 212 Å². The number of benzene rings is 1. The molecule has 296 valence electrons. The van der Waals surface area contributed by atoms with E-state index in [0.29, 0.717) is 51.3 Å². The Morgan fingerprint density at radius 2 is 1.82 bits per heavy atom. The number of amides is 3. The second-order valence-corrected chi connectivity index (χ2v) is 15.5. The summed E-state index contributed by atoms with van der Waals surface area (Å²) >= 11 is 1.54. The number of rotatable bonds is 17. The van der Waals surface area contributed by atoms with Crippen molar-refractivity contribution in [2.45, 2.75) is 111 Å². The Balaban J connectivity index is 1.13. The molecule has 0 radical (unpaired) electrons. The Hall–Kier alpha value is -4.67. The number of nitrogens with two attached hydrogens (primary N) is 1. The van der Waals surface area contributed by atoms with Gasteiger partial charge in [-0.3, -0.25) is 24.0 Å². The minimum atomic E-state index is -1.98. The number of ether oxygens (including phenoxy) is 1. The van der Waals surface area contributed by atoms with E-state index in [0.717, 1.165) is 18.6 Å². The third-order valence-corrected chi connectivity index (χ3v) is 11.2. The maximum absolute atomic E-state index is 14.8. The predicted octanol–water partition coefficient (Wildman–Crippen LogP) is 2.96. The number of aromatic nitrogens is 2. The fourth-order valence-electron chi connectivity index (χ4n) is 6.80. The summed E-state index contributed by atoms with van der Waals surface area (Å²) in [6.45, 7) is 8.03. The first-order valence-electron chi connectivity index (χ1n) is 18.6. The first kappa shape index (κ1) is 41.5. The van der Waals surface area contributed by atoms with Crippen molar-refractivity contribution in [1.29, 1.82) is 0 Å². The van der Waals surface area contributed by atoms with E-state index in [-0.39, 0.29) is 67.7 Å². The first-order valence-corrected chi connectivity index (χ1v) is 19.7. The molecule has 3 amide bonds. The van der Waals surface area contributed by atoms with Gasteiger partial charge in [0.2, 0.25) is 17.7 Å². The monoisotopic (exact) mass is 780 g/mol. The van der Waals surface area contributed by atoms with Crippen LogP contribution in [0.1, 0.15) is 94.0 Å². The molecule has 55 heavy (non-hydrogen) atoms. The second kappa shape index (κ2) is 17.4.